The highest BCUT2D eigenvalue weighted by molar-refractivity contribution is 6.74. The maximum atomic E-state index is 6.72. The normalized spacial score (nSPS) is 22.2. The van der Waals surface area contributed by atoms with Crippen LogP contribution in [-0.4, -0.2) is 53.2 Å². The quantitative estimate of drug-likeness (QED) is 0.0726. The van der Waals surface area contributed by atoms with Crippen molar-refractivity contribution in [2.45, 2.75) is 149 Å². The van der Waals surface area contributed by atoms with Crippen LogP contribution in [0.5, 0.6) is 5.75 Å². The van der Waals surface area contributed by atoms with E-state index in [4.69, 9.17) is 28.1 Å². The smallest absolute Gasteiger partial charge is 0.192 e. The van der Waals surface area contributed by atoms with Crippen LogP contribution < -0.4 is 4.74 Å². The van der Waals surface area contributed by atoms with Crippen LogP contribution >= 0.6 is 0 Å². The average Bonchev–Trinajstić information content (AvgIpc) is 3.10. The van der Waals surface area contributed by atoms with Crippen molar-refractivity contribution in [1.82, 2.24) is 0 Å². The van der Waals surface area contributed by atoms with Crippen LogP contribution in [0.15, 0.2) is 78.4 Å². The van der Waals surface area contributed by atoms with Crippen LogP contribution in [0.4, 0.5) is 0 Å². The molecule has 51 heavy (non-hydrogen) atoms. The van der Waals surface area contributed by atoms with Crippen molar-refractivity contribution in [3.8, 4) is 5.75 Å². The van der Waals surface area contributed by atoms with Gasteiger partial charge in [-0.15, -0.1) is 0 Å². The van der Waals surface area contributed by atoms with Gasteiger partial charge in [0.15, 0.2) is 14.1 Å². The number of benzene rings is 2. The Labute approximate surface area is 312 Å². The molecule has 6 nitrogen and oxygen atoms in total. The summed E-state index contributed by atoms with van der Waals surface area (Å²) in [5.74, 6) is 1.03. The van der Waals surface area contributed by atoms with E-state index in [1.54, 1.807) is 14.2 Å². The number of hydrogen-bond donors (Lipinski definition) is 0. The molecule has 7 heteroatoms. The van der Waals surface area contributed by atoms with Gasteiger partial charge in [0.1, 0.15) is 5.75 Å². The molecule has 1 aliphatic heterocycles. The van der Waals surface area contributed by atoms with Crippen LogP contribution in [0.1, 0.15) is 105 Å². The van der Waals surface area contributed by atoms with E-state index >= 15 is 0 Å². The predicted octanol–water partition coefficient (Wildman–Crippen LogP) is 11.5. The lowest BCUT2D eigenvalue weighted by atomic mass is 9.89. The largest absolute Gasteiger partial charge is 0.497 e. The van der Waals surface area contributed by atoms with Gasteiger partial charge in [0, 0.05) is 20.1 Å². The molecule has 0 unspecified atom stereocenters. The Hall–Kier alpha value is -2.26. The van der Waals surface area contributed by atoms with Gasteiger partial charge in [-0.1, -0.05) is 89.2 Å². The minimum atomic E-state index is -1.84. The van der Waals surface area contributed by atoms with E-state index < -0.39 is 14.1 Å². The Morgan fingerprint density at radius 3 is 2.31 bits per heavy atom. The van der Waals surface area contributed by atoms with Crippen LogP contribution in [0.3, 0.4) is 0 Å². The van der Waals surface area contributed by atoms with E-state index in [2.05, 4.69) is 116 Å². The minimum Gasteiger partial charge on any atom is -0.497 e. The van der Waals surface area contributed by atoms with E-state index in [-0.39, 0.29) is 23.4 Å². The van der Waals surface area contributed by atoms with Gasteiger partial charge in [0.25, 0.3) is 0 Å². The van der Waals surface area contributed by atoms with E-state index in [0.717, 1.165) is 62.9 Å². The molecule has 1 aliphatic rings. The number of hydrogen-bond acceptors (Lipinski definition) is 6. The molecule has 286 valence electrons. The third-order valence-corrected chi connectivity index (χ3v) is 15.5. The zero-order chi connectivity index (χ0) is 37.5. The zero-order valence-electron chi connectivity index (χ0n) is 33.8. The first kappa shape index (κ1) is 43.1. The summed E-state index contributed by atoms with van der Waals surface area (Å²) < 4.78 is 37.4. The number of methoxy groups -OCH3 is 2. The summed E-state index contributed by atoms with van der Waals surface area (Å²) in [4.78, 5) is 0. The standard InChI is InChI=1S/C44H70O6Si/c1-34(31-36(3)37(4)50-51(10,11)43(5,6)7)21-24-41(48-33-39-22-25-40(45-8)26-23-39)19-15-28-44(46-9)29-27-35(2)42(49-44)20-16-30-47-32-38-17-13-12-14-18-38/h12-15,17-18,22-23,25-26,28,31,34-35,37,41-42H,16,19-21,24,27,29-30,32-33H2,1-11H3/b28-15-,36-31+/t34-,35-,37-,41-,42+,44-/m0/s1. The van der Waals surface area contributed by atoms with Crippen molar-refractivity contribution in [2.24, 2.45) is 11.8 Å². The zero-order valence-corrected chi connectivity index (χ0v) is 34.8. The molecule has 0 aromatic heterocycles. The van der Waals surface area contributed by atoms with Crippen molar-refractivity contribution in [2.75, 3.05) is 20.8 Å². The molecule has 0 aliphatic carbocycles. The van der Waals surface area contributed by atoms with Crippen molar-refractivity contribution < 1.29 is 28.1 Å². The topological polar surface area (TPSA) is 55.4 Å². The average molecular weight is 723 g/mol. The Bertz CT molecular complexity index is 1320. The second-order valence-electron chi connectivity index (χ2n) is 16.3. The fraction of sp³-hybridized carbons (Fsp3) is 0.636. The van der Waals surface area contributed by atoms with Gasteiger partial charge in [0.2, 0.25) is 0 Å². The minimum absolute atomic E-state index is 0.0643. The Kier molecular flexibility index (Phi) is 17.6. The van der Waals surface area contributed by atoms with Gasteiger partial charge < -0.3 is 28.1 Å². The maximum absolute atomic E-state index is 6.72. The van der Waals surface area contributed by atoms with Gasteiger partial charge >= 0.3 is 0 Å². The third kappa shape index (κ3) is 14.6. The first-order valence-corrected chi connectivity index (χ1v) is 22.2. The number of ether oxygens (including phenoxy) is 5. The molecule has 1 fully saturated rings. The summed E-state index contributed by atoms with van der Waals surface area (Å²) in [6, 6.07) is 18.5. The molecule has 2 aromatic carbocycles. The van der Waals surface area contributed by atoms with E-state index in [1.165, 1.54) is 11.1 Å². The van der Waals surface area contributed by atoms with Crippen LogP contribution in [0, 0.1) is 11.8 Å². The lowest BCUT2D eigenvalue weighted by Crippen LogP contribution is -2.44. The Morgan fingerprint density at radius 2 is 1.67 bits per heavy atom. The molecule has 0 spiro atoms. The summed E-state index contributed by atoms with van der Waals surface area (Å²) in [6.07, 6.45) is 13.7. The molecule has 0 radical (unpaired) electrons. The lowest BCUT2D eigenvalue weighted by Gasteiger charge is -2.41. The Balaban J connectivity index is 1.60. The van der Waals surface area contributed by atoms with Gasteiger partial charge in [-0.2, -0.15) is 0 Å². The molecular formula is C44H70O6Si. The van der Waals surface area contributed by atoms with Crippen LogP contribution in [0.25, 0.3) is 0 Å². The highest BCUT2D eigenvalue weighted by Crippen LogP contribution is 2.38. The van der Waals surface area contributed by atoms with E-state index in [0.29, 0.717) is 25.0 Å². The molecule has 1 saturated heterocycles. The summed E-state index contributed by atoms with van der Waals surface area (Å²) >= 11 is 0. The fourth-order valence-electron chi connectivity index (χ4n) is 6.31. The molecule has 0 N–H and O–H groups in total. The molecule has 2 aromatic rings. The lowest BCUT2D eigenvalue weighted by molar-refractivity contribution is -0.252. The van der Waals surface area contributed by atoms with Crippen molar-refractivity contribution in [1.29, 1.82) is 0 Å². The van der Waals surface area contributed by atoms with Gasteiger partial charge in [0.05, 0.1) is 38.6 Å². The molecule has 0 saturated carbocycles. The number of allylic oxidation sites excluding steroid dienone is 1. The second-order valence-corrected chi connectivity index (χ2v) is 21.0. The van der Waals surface area contributed by atoms with Crippen molar-refractivity contribution in [3.63, 3.8) is 0 Å². The molecule has 0 bridgehead atoms. The van der Waals surface area contributed by atoms with Crippen molar-refractivity contribution in [3.05, 3.63) is 89.5 Å². The molecular weight excluding hydrogens is 653 g/mol. The summed E-state index contributed by atoms with van der Waals surface area (Å²) in [5, 5.41) is 0.190. The SMILES string of the molecule is COc1ccc(CO[C@@H](C/C=C\[C@@]2(OC)CC[C@H](C)[C@@H](CCCOCc3ccccc3)O2)CC[C@H](C)/C=C(\C)[C@H](C)O[Si](C)(C)C(C)(C)C)cc1. The van der Waals surface area contributed by atoms with E-state index in [9.17, 15) is 0 Å². The Morgan fingerprint density at radius 1 is 0.980 bits per heavy atom. The highest BCUT2D eigenvalue weighted by Gasteiger charge is 2.39. The molecule has 1 heterocycles. The van der Waals surface area contributed by atoms with Gasteiger partial charge in [-0.05, 0) is 117 Å². The summed E-state index contributed by atoms with van der Waals surface area (Å²) in [5.41, 5.74) is 3.65. The second kappa shape index (κ2) is 20.8. The monoisotopic (exact) mass is 722 g/mol. The summed E-state index contributed by atoms with van der Waals surface area (Å²) in [6.45, 7) is 22.5. The molecule has 0 amide bonds. The maximum Gasteiger partial charge on any atom is 0.192 e. The molecule has 6 atom stereocenters. The third-order valence-electron chi connectivity index (χ3n) is 11.0. The van der Waals surface area contributed by atoms with Crippen molar-refractivity contribution >= 4 is 8.32 Å². The first-order chi connectivity index (χ1) is 24.2. The highest BCUT2D eigenvalue weighted by atomic mass is 28.4. The number of rotatable bonds is 21. The van der Waals surface area contributed by atoms with Gasteiger partial charge in [-0.3, -0.25) is 0 Å². The molecule has 3 rings (SSSR count). The van der Waals surface area contributed by atoms with Gasteiger partial charge in [-0.25, -0.2) is 0 Å². The first-order valence-electron chi connectivity index (χ1n) is 19.3. The fourth-order valence-corrected chi connectivity index (χ4v) is 7.74. The van der Waals surface area contributed by atoms with Crippen LogP contribution in [0.2, 0.25) is 18.1 Å². The summed E-state index contributed by atoms with van der Waals surface area (Å²) in [7, 11) is 1.62. The predicted molar refractivity (Wildman–Crippen MR) is 214 cm³/mol. The van der Waals surface area contributed by atoms with E-state index in [1.807, 2.05) is 18.2 Å². The van der Waals surface area contributed by atoms with Crippen LogP contribution in [-0.2, 0) is 36.6 Å².